The van der Waals surface area contributed by atoms with Crippen LogP contribution in [0.15, 0.2) is 29.8 Å². The maximum Gasteiger partial charge on any atom is 0.212 e. The molecule has 0 spiro atoms. The van der Waals surface area contributed by atoms with Crippen molar-refractivity contribution in [3.63, 3.8) is 0 Å². The molecule has 0 bridgehead atoms. The zero-order valence-corrected chi connectivity index (χ0v) is 10.2. The third-order valence-corrected chi connectivity index (χ3v) is 3.83. The molecule has 5 heteroatoms. The third-order valence-electron chi connectivity index (χ3n) is 3.14. The third kappa shape index (κ3) is 1.98. The summed E-state index contributed by atoms with van der Waals surface area (Å²) >= 11 is 1.57. The van der Waals surface area contributed by atoms with E-state index in [9.17, 15) is 0 Å². The standard InChI is InChI=1S/C12H14N4S/c13-9-3-1-6-11(7-9)16(10-4-2-5-10)12-15-14-8-17-12/h1,3,6-8,10H,2,4-5,13H2. The Labute approximate surface area is 104 Å². The van der Waals surface area contributed by atoms with E-state index in [0.29, 0.717) is 6.04 Å². The van der Waals surface area contributed by atoms with Gasteiger partial charge >= 0.3 is 0 Å². The molecule has 0 aliphatic heterocycles. The molecule has 4 nitrogen and oxygen atoms in total. The molecule has 3 rings (SSSR count). The lowest BCUT2D eigenvalue weighted by Crippen LogP contribution is -2.36. The lowest BCUT2D eigenvalue weighted by molar-refractivity contribution is 0.410. The van der Waals surface area contributed by atoms with E-state index in [4.69, 9.17) is 5.73 Å². The summed E-state index contributed by atoms with van der Waals surface area (Å²) in [5, 5.41) is 9.07. The fourth-order valence-electron chi connectivity index (χ4n) is 2.07. The van der Waals surface area contributed by atoms with E-state index < -0.39 is 0 Å². The van der Waals surface area contributed by atoms with E-state index in [0.717, 1.165) is 16.5 Å². The Morgan fingerprint density at radius 2 is 2.24 bits per heavy atom. The van der Waals surface area contributed by atoms with Crippen LogP contribution in [-0.2, 0) is 0 Å². The van der Waals surface area contributed by atoms with Crippen molar-refractivity contribution in [3.8, 4) is 0 Å². The number of nitrogen functional groups attached to an aromatic ring is 1. The molecule has 1 aliphatic carbocycles. The Kier molecular flexibility index (Phi) is 2.68. The van der Waals surface area contributed by atoms with E-state index in [-0.39, 0.29) is 0 Å². The quantitative estimate of drug-likeness (QED) is 0.846. The van der Waals surface area contributed by atoms with Gasteiger partial charge in [0.1, 0.15) is 5.51 Å². The SMILES string of the molecule is Nc1cccc(N(c2nncs2)C2CCC2)c1. The molecule has 0 radical (unpaired) electrons. The first-order valence-electron chi connectivity index (χ1n) is 5.75. The van der Waals surface area contributed by atoms with Crippen LogP contribution in [0.1, 0.15) is 19.3 Å². The van der Waals surface area contributed by atoms with Crippen molar-refractivity contribution >= 4 is 27.8 Å². The minimum atomic E-state index is 0.546. The Balaban J connectivity index is 1.98. The van der Waals surface area contributed by atoms with Crippen molar-refractivity contribution in [1.82, 2.24) is 10.2 Å². The molecule has 1 aromatic heterocycles. The Hall–Kier alpha value is -1.62. The average molecular weight is 246 g/mol. The van der Waals surface area contributed by atoms with Crippen LogP contribution in [0.4, 0.5) is 16.5 Å². The van der Waals surface area contributed by atoms with E-state index in [1.807, 2.05) is 18.2 Å². The molecule has 0 saturated heterocycles. The summed E-state index contributed by atoms with van der Waals surface area (Å²) in [7, 11) is 0. The van der Waals surface area contributed by atoms with Gasteiger partial charge in [-0.1, -0.05) is 17.4 Å². The van der Waals surface area contributed by atoms with Crippen molar-refractivity contribution in [3.05, 3.63) is 29.8 Å². The van der Waals surface area contributed by atoms with E-state index in [2.05, 4.69) is 21.2 Å². The van der Waals surface area contributed by atoms with Gasteiger partial charge in [-0.3, -0.25) is 0 Å². The summed E-state index contributed by atoms with van der Waals surface area (Å²) in [4.78, 5) is 2.26. The van der Waals surface area contributed by atoms with Gasteiger partial charge in [-0.2, -0.15) is 0 Å². The number of hydrogen-bond donors (Lipinski definition) is 1. The molecule has 1 heterocycles. The molecule has 0 amide bonds. The van der Waals surface area contributed by atoms with Gasteiger partial charge in [-0.05, 0) is 37.5 Å². The highest BCUT2D eigenvalue weighted by atomic mass is 32.1. The number of aromatic nitrogens is 2. The molecule has 1 saturated carbocycles. The smallest absolute Gasteiger partial charge is 0.212 e. The molecule has 2 aromatic rings. The topological polar surface area (TPSA) is 55.0 Å². The van der Waals surface area contributed by atoms with Crippen LogP contribution in [0, 0.1) is 0 Å². The van der Waals surface area contributed by atoms with Crippen molar-refractivity contribution in [2.75, 3.05) is 10.6 Å². The van der Waals surface area contributed by atoms with Gasteiger partial charge in [0.05, 0.1) is 0 Å². The summed E-state index contributed by atoms with van der Waals surface area (Å²) in [6.07, 6.45) is 3.73. The number of nitrogens with two attached hydrogens (primary N) is 1. The molecule has 1 fully saturated rings. The Bertz CT molecular complexity index is 493. The number of rotatable bonds is 3. The summed E-state index contributed by atoms with van der Waals surface area (Å²) in [5.41, 5.74) is 9.53. The summed E-state index contributed by atoms with van der Waals surface area (Å²) in [6.45, 7) is 0. The fraction of sp³-hybridized carbons (Fsp3) is 0.333. The summed E-state index contributed by atoms with van der Waals surface area (Å²) in [5.74, 6) is 0. The predicted molar refractivity (Wildman–Crippen MR) is 70.5 cm³/mol. The van der Waals surface area contributed by atoms with Gasteiger partial charge in [0, 0.05) is 17.4 Å². The maximum absolute atomic E-state index is 5.85. The number of nitrogens with zero attached hydrogens (tertiary/aromatic N) is 3. The maximum atomic E-state index is 5.85. The minimum Gasteiger partial charge on any atom is -0.399 e. The monoisotopic (exact) mass is 246 g/mol. The molecule has 17 heavy (non-hydrogen) atoms. The van der Waals surface area contributed by atoms with Gasteiger partial charge in [0.25, 0.3) is 0 Å². The van der Waals surface area contributed by atoms with Crippen LogP contribution in [0.3, 0.4) is 0 Å². The van der Waals surface area contributed by atoms with Crippen LogP contribution >= 0.6 is 11.3 Å². The largest absolute Gasteiger partial charge is 0.399 e. The van der Waals surface area contributed by atoms with Crippen molar-refractivity contribution in [2.24, 2.45) is 0 Å². The van der Waals surface area contributed by atoms with Gasteiger partial charge in [-0.25, -0.2) is 0 Å². The number of hydrogen-bond acceptors (Lipinski definition) is 5. The first-order valence-corrected chi connectivity index (χ1v) is 6.63. The van der Waals surface area contributed by atoms with Gasteiger partial charge in [0.2, 0.25) is 5.13 Å². The molecule has 0 atom stereocenters. The molecule has 1 aliphatic rings. The van der Waals surface area contributed by atoms with Crippen LogP contribution < -0.4 is 10.6 Å². The predicted octanol–water partition coefficient (Wildman–Crippen LogP) is 2.81. The van der Waals surface area contributed by atoms with Crippen molar-refractivity contribution in [1.29, 1.82) is 0 Å². The van der Waals surface area contributed by atoms with Gasteiger partial charge < -0.3 is 10.6 Å². The van der Waals surface area contributed by atoms with E-state index in [1.165, 1.54) is 19.3 Å². The normalized spacial score (nSPS) is 15.5. The zero-order chi connectivity index (χ0) is 11.7. The summed E-state index contributed by atoms with van der Waals surface area (Å²) < 4.78 is 0. The average Bonchev–Trinajstić information content (AvgIpc) is 2.76. The van der Waals surface area contributed by atoms with E-state index >= 15 is 0 Å². The lowest BCUT2D eigenvalue weighted by atomic mass is 9.91. The first kappa shape index (κ1) is 10.5. The second-order valence-electron chi connectivity index (χ2n) is 4.27. The van der Waals surface area contributed by atoms with Crippen LogP contribution in [0.25, 0.3) is 0 Å². The second kappa shape index (κ2) is 4.33. The van der Waals surface area contributed by atoms with E-state index in [1.54, 1.807) is 16.8 Å². The Morgan fingerprint density at radius 3 is 2.82 bits per heavy atom. The van der Waals surface area contributed by atoms with Crippen LogP contribution in [0.2, 0.25) is 0 Å². The first-order chi connectivity index (χ1) is 8.34. The van der Waals surface area contributed by atoms with Crippen molar-refractivity contribution in [2.45, 2.75) is 25.3 Å². The highest BCUT2D eigenvalue weighted by molar-refractivity contribution is 7.13. The highest BCUT2D eigenvalue weighted by Crippen LogP contribution is 2.37. The Morgan fingerprint density at radius 1 is 1.35 bits per heavy atom. The lowest BCUT2D eigenvalue weighted by Gasteiger charge is -2.37. The zero-order valence-electron chi connectivity index (χ0n) is 9.41. The van der Waals surface area contributed by atoms with Crippen molar-refractivity contribution < 1.29 is 0 Å². The van der Waals surface area contributed by atoms with Crippen LogP contribution in [0.5, 0.6) is 0 Å². The van der Waals surface area contributed by atoms with Gasteiger partial charge in [0.15, 0.2) is 0 Å². The number of anilines is 3. The molecule has 0 unspecified atom stereocenters. The fourth-order valence-corrected chi connectivity index (χ4v) is 2.72. The minimum absolute atomic E-state index is 0.546. The molecular weight excluding hydrogens is 232 g/mol. The second-order valence-corrected chi connectivity index (χ2v) is 5.08. The van der Waals surface area contributed by atoms with Gasteiger partial charge in [-0.15, -0.1) is 10.2 Å². The molecular formula is C12H14N4S. The highest BCUT2D eigenvalue weighted by Gasteiger charge is 2.28. The summed E-state index contributed by atoms with van der Waals surface area (Å²) in [6, 6.07) is 8.51. The number of benzene rings is 1. The molecule has 2 N–H and O–H groups in total. The molecule has 88 valence electrons. The molecule has 1 aromatic carbocycles. The van der Waals surface area contributed by atoms with Crippen LogP contribution in [-0.4, -0.2) is 16.2 Å².